The van der Waals surface area contributed by atoms with Crippen LogP contribution in [0.2, 0.25) is 0 Å². The molecule has 0 amide bonds. The molecule has 5 aromatic rings. The Kier molecular flexibility index (Phi) is 6.71. The van der Waals surface area contributed by atoms with Gasteiger partial charge in [0, 0.05) is 17.3 Å². The number of nitrogens with one attached hydrogen (secondary N) is 1. The lowest BCUT2D eigenvalue weighted by atomic mass is 9.93. The zero-order chi connectivity index (χ0) is 22.5. The Bertz CT molecular complexity index is 1320. The van der Waals surface area contributed by atoms with Crippen LogP contribution in [0.25, 0.3) is 32.3 Å². The van der Waals surface area contributed by atoms with Gasteiger partial charge in [0.15, 0.2) is 0 Å². The molecular formula is C31H34N2. The number of anilines is 2. The molecule has 0 saturated heterocycles. The zero-order valence-electron chi connectivity index (χ0n) is 19.7. The Morgan fingerprint density at radius 2 is 1.33 bits per heavy atom. The molecule has 0 bridgehead atoms. The zero-order valence-corrected chi connectivity index (χ0v) is 19.7. The number of rotatable bonds is 11. The third-order valence-electron chi connectivity index (χ3n) is 6.93. The number of nitrogens with zero attached hydrogens (tertiary/aromatic N) is 1. The summed E-state index contributed by atoms with van der Waals surface area (Å²) in [6.45, 7) is 2.28. The Labute approximate surface area is 197 Å². The maximum atomic E-state index is 4.62. The minimum absolute atomic E-state index is 0.932. The van der Waals surface area contributed by atoms with Crippen LogP contribution in [0.1, 0.15) is 63.9 Å². The van der Waals surface area contributed by atoms with E-state index < -0.39 is 0 Å². The number of unbranched alkanes of at least 4 members (excludes halogenated alkanes) is 7. The highest BCUT2D eigenvalue weighted by atomic mass is 15.0. The van der Waals surface area contributed by atoms with Crippen LogP contribution in [-0.2, 0) is 6.42 Å². The van der Waals surface area contributed by atoms with E-state index in [1.165, 1.54) is 89.2 Å². The largest absolute Gasteiger partial charge is 0.340 e. The third kappa shape index (κ3) is 4.80. The minimum atomic E-state index is 0.932. The van der Waals surface area contributed by atoms with Crippen molar-refractivity contribution in [1.29, 1.82) is 0 Å². The van der Waals surface area contributed by atoms with E-state index in [0.717, 1.165) is 17.9 Å². The van der Waals surface area contributed by atoms with Crippen LogP contribution in [0.5, 0.6) is 0 Å². The van der Waals surface area contributed by atoms with Gasteiger partial charge < -0.3 is 5.32 Å². The van der Waals surface area contributed by atoms with Gasteiger partial charge in [0.1, 0.15) is 5.82 Å². The molecule has 5 rings (SSSR count). The lowest BCUT2D eigenvalue weighted by Crippen LogP contribution is -1.97. The topological polar surface area (TPSA) is 24.9 Å². The summed E-state index contributed by atoms with van der Waals surface area (Å²) in [5, 5.41) is 11.5. The van der Waals surface area contributed by atoms with Crippen molar-refractivity contribution in [2.45, 2.75) is 64.7 Å². The summed E-state index contributed by atoms with van der Waals surface area (Å²) in [5.74, 6) is 0.932. The molecule has 0 aliphatic heterocycles. The maximum absolute atomic E-state index is 4.62. The lowest BCUT2D eigenvalue weighted by molar-refractivity contribution is 0.575. The Hall–Kier alpha value is -3.13. The molecule has 2 heteroatoms. The molecule has 0 aliphatic rings. The van der Waals surface area contributed by atoms with Crippen LogP contribution in [0.15, 0.2) is 72.9 Å². The van der Waals surface area contributed by atoms with Crippen molar-refractivity contribution in [3.63, 3.8) is 0 Å². The molecule has 1 heterocycles. The van der Waals surface area contributed by atoms with Crippen LogP contribution in [0.4, 0.5) is 11.5 Å². The molecule has 2 nitrogen and oxygen atoms in total. The van der Waals surface area contributed by atoms with Gasteiger partial charge in [0.2, 0.25) is 0 Å². The molecule has 168 valence electrons. The van der Waals surface area contributed by atoms with Gasteiger partial charge in [0.25, 0.3) is 0 Å². The Morgan fingerprint density at radius 3 is 2.12 bits per heavy atom. The van der Waals surface area contributed by atoms with Crippen LogP contribution >= 0.6 is 0 Å². The smallest absolute Gasteiger partial charge is 0.130 e. The molecule has 0 unspecified atom stereocenters. The van der Waals surface area contributed by atoms with E-state index in [1.807, 2.05) is 6.20 Å². The Balaban J connectivity index is 1.29. The Morgan fingerprint density at radius 1 is 0.667 bits per heavy atom. The summed E-state index contributed by atoms with van der Waals surface area (Å²) in [5.41, 5.74) is 2.49. The summed E-state index contributed by atoms with van der Waals surface area (Å²) < 4.78 is 0. The summed E-state index contributed by atoms with van der Waals surface area (Å²) in [6, 6.07) is 24.3. The van der Waals surface area contributed by atoms with Gasteiger partial charge in [0.05, 0.1) is 0 Å². The van der Waals surface area contributed by atoms with E-state index in [0.29, 0.717) is 0 Å². The quantitative estimate of drug-likeness (QED) is 0.165. The first kappa shape index (κ1) is 21.7. The number of benzene rings is 4. The fourth-order valence-electron chi connectivity index (χ4n) is 5.14. The molecular weight excluding hydrogens is 400 g/mol. The van der Waals surface area contributed by atoms with Crippen molar-refractivity contribution in [2.75, 3.05) is 5.32 Å². The van der Waals surface area contributed by atoms with E-state index in [1.54, 1.807) is 0 Å². The number of aryl methyl sites for hydroxylation is 1. The van der Waals surface area contributed by atoms with E-state index in [9.17, 15) is 0 Å². The van der Waals surface area contributed by atoms with Crippen molar-refractivity contribution in [2.24, 2.45) is 0 Å². The fourth-order valence-corrected chi connectivity index (χ4v) is 5.14. The first-order valence-corrected chi connectivity index (χ1v) is 12.7. The van der Waals surface area contributed by atoms with Gasteiger partial charge in [-0.3, -0.25) is 0 Å². The van der Waals surface area contributed by atoms with Crippen molar-refractivity contribution in [3.8, 4) is 0 Å². The van der Waals surface area contributed by atoms with Gasteiger partial charge in [-0.1, -0.05) is 100 Å². The lowest BCUT2D eigenvalue weighted by Gasteiger charge is -2.15. The van der Waals surface area contributed by atoms with Crippen LogP contribution in [0, 0.1) is 0 Å². The first-order chi connectivity index (χ1) is 16.3. The second kappa shape index (κ2) is 10.2. The fraction of sp³-hybridized carbons (Fsp3) is 0.323. The number of hydrogen-bond donors (Lipinski definition) is 1. The standard InChI is InChI=1S/C31H34N2/c1-2-3-4-5-6-7-8-9-11-23-20-21-32-29(22-23)33-28-19-17-26-15-14-24-12-10-13-25-16-18-27(28)31(26)30(24)25/h10,12-22H,2-9,11H2,1H3,(H,32,33). The molecule has 1 aromatic heterocycles. The van der Waals surface area contributed by atoms with Crippen molar-refractivity contribution >= 4 is 43.8 Å². The molecule has 0 atom stereocenters. The predicted molar refractivity (Wildman–Crippen MR) is 144 cm³/mol. The maximum Gasteiger partial charge on any atom is 0.130 e. The van der Waals surface area contributed by atoms with Crippen LogP contribution < -0.4 is 5.32 Å². The van der Waals surface area contributed by atoms with Crippen molar-refractivity contribution < 1.29 is 0 Å². The van der Waals surface area contributed by atoms with Gasteiger partial charge >= 0.3 is 0 Å². The first-order valence-electron chi connectivity index (χ1n) is 12.7. The average Bonchev–Trinajstić information content (AvgIpc) is 2.85. The van der Waals surface area contributed by atoms with Gasteiger partial charge in [-0.15, -0.1) is 0 Å². The minimum Gasteiger partial charge on any atom is -0.340 e. The van der Waals surface area contributed by atoms with Gasteiger partial charge in [-0.25, -0.2) is 4.98 Å². The van der Waals surface area contributed by atoms with Crippen molar-refractivity contribution in [3.05, 3.63) is 78.5 Å². The molecule has 0 fully saturated rings. The van der Waals surface area contributed by atoms with Crippen LogP contribution in [-0.4, -0.2) is 4.98 Å². The summed E-state index contributed by atoms with van der Waals surface area (Å²) in [4.78, 5) is 4.62. The molecule has 4 aromatic carbocycles. The third-order valence-corrected chi connectivity index (χ3v) is 6.93. The second-order valence-electron chi connectivity index (χ2n) is 9.37. The highest BCUT2D eigenvalue weighted by molar-refractivity contribution is 6.25. The van der Waals surface area contributed by atoms with Gasteiger partial charge in [-0.2, -0.15) is 0 Å². The molecule has 0 aliphatic carbocycles. The normalized spacial score (nSPS) is 11.7. The molecule has 0 saturated carbocycles. The molecule has 0 radical (unpaired) electrons. The van der Waals surface area contributed by atoms with E-state index in [2.05, 4.69) is 84.0 Å². The van der Waals surface area contributed by atoms with E-state index in [-0.39, 0.29) is 0 Å². The number of aromatic nitrogens is 1. The highest BCUT2D eigenvalue weighted by Crippen LogP contribution is 2.38. The predicted octanol–water partition coefficient (Wildman–Crippen LogP) is 9.41. The average molecular weight is 435 g/mol. The monoisotopic (exact) mass is 434 g/mol. The summed E-state index contributed by atoms with van der Waals surface area (Å²) in [6.07, 6.45) is 13.9. The SMILES string of the molecule is CCCCCCCCCCc1ccnc(Nc2ccc3ccc4cccc5ccc2c3c45)c1. The van der Waals surface area contributed by atoms with Crippen LogP contribution in [0.3, 0.4) is 0 Å². The van der Waals surface area contributed by atoms with Crippen molar-refractivity contribution in [1.82, 2.24) is 4.98 Å². The summed E-state index contributed by atoms with van der Waals surface area (Å²) in [7, 11) is 0. The second-order valence-corrected chi connectivity index (χ2v) is 9.37. The van der Waals surface area contributed by atoms with E-state index in [4.69, 9.17) is 0 Å². The summed E-state index contributed by atoms with van der Waals surface area (Å²) >= 11 is 0. The van der Waals surface area contributed by atoms with E-state index >= 15 is 0 Å². The highest BCUT2D eigenvalue weighted by Gasteiger charge is 2.11. The van der Waals surface area contributed by atoms with Gasteiger partial charge in [-0.05, 0) is 63.5 Å². The molecule has 0 spiro atoms. The molecule has 1 N–H and O–H groups in total. The number of hydrogen-bond acceptors (Lipinski definition) is 2. The molecule has 33 heavy (non-hydrogen) atoms. The number of pyridine rings is 1.